The maximum absolute atomic E-state index is 13.5. The van der Waals surface area contributed by atoms with E-state index in [0.29, 0.717) is 23.7 Å². The lowest BCUT2D eigenvalue weighted by molar-refractivity contribution is 0.283. The Kier molecular flexibility index (Phi) is 5.50. The Labute approximate surface area is 134 Å². The van der Waals surface area contributed by atoms with Crippen LogP contribution in [0.3, 0.4) is 0 Å². The lowest BCUT2D eigenvalue weighted by Gasteiger charge is -2.15. The Bertz CT molecular complexity index is 636. The van der Waals surface area contributed by atoms with Crippen molar-refractivity contribution in [1.82, 2.24) is 0 Å². The maximum atomic E-state index is 13.5. The molecule has 22 heavy (non-hydrogen) atoms. The van der Waals surface area contributed by atoms with E-state index >= 15 is 0 Å². The van der Waals surface area contributed by atoms with Gasteiger partial charge in [0.05, 0.1) is 24.8 Å². The minimum atomic E-state index is -0.444. The van der Waals surface area contributed by atoms with E-state index in [1.807, 2.05) is 25.1 Å². The number of rotatable bonds is 6. The molecule has 0 aromatic heterocycles. The van der Waals surface area contributed by atoms with Crippen LogP contribution in [-0.2, 0) is 13.0 Å². The van der Waals surface area contributed by atoms with E-state index in [1.54, 1.807) is 14.2 Å². The molecule has 2 aromatic rings. The summed E-state index contributed by atoms with van der Waals surface area (Å²) in [4.78, 5) is 0. The minimum Gasteiger partial charge on any atom is -0.496 e. The fourth-order valence-corrected chi connectivity index (χ4v) is 2.35. The molecule has 0 aliphatic rings. The molecule has 0 spiro atoms. The summed E-state index contributed by atoms with van der Waals surface area (Å²) in [6.07, 6.45) is 0.645. The number of benzene rings is 2. The molecule has 0 atom stereocenters. The van der Waals surface area contributed by atoms with Crippen molar-refractivity contribution in [2.75, 3.05) is 14.2 Å². The van der Waals surface area contributed by atoms with Crippen molar-refractivity contribution in [2.24, 2.45) is 0 Å². The van der Waals surface area contributed by atoms with Gasteiger partial charge in [0.25, 0.3) is 0 Å². The first-order chi connectivity index (χ1) is 10.6. The molecular formula is C17H18ClFO3. The summed E-state index contributed by atoms with van der Waals surface area (Å²) >= 11 is 5.84. The first kappa shape index (κ1) is 16.4. The summed E-state index contributed by atoms with van der Waals surface area (Å²) in [6.45, 7) is 2.17. The van der Waals surface area contributed by atoms with Gasteiger partial charge in [0, 0.05) is 6.07 Å². The topological polar surface area (TPSA) is 27.7 Å². The van der Waals surface area contributed by atoms with Crippen LogP contribution >= 0.6 is 11.6 Å². The number of hydrogen-bond donors (Lipinski definition) is 0. The van der Waals surface area contributed by atoms with Crippen LogP contribution in [0.4, 0.5) is 4.39 Å². The lowest BCUT2D eigenvalue weighted by Crippen LogP contribution is -2.03. The molecule has 0 aliphatic heterocycles. The van der Waals surface area contributed by atoms with Gasteiger partial charge in [-0.3, -0.25) is 0 Å². The second kappa shape index (κ2) is 7.36. The van der Waals surface area contributed by atoms with Gasteiger partial charge in [-0.2, -0.15) is 0 Å². The predicted octanol–water partition coefficient (Wildman–Crippen LogP) is 4.64. The van der Waals surface area contributed by atoms with E-state index in [1.165, 1.54) is 12.1 Å². The van der Waals surface area contributed by atoms with E-state index in [9.17, 15) is 4.39 Å². The van der Waals surface area contributed by atoms with Gasteiger partial charge in [0.1, 0.15) is 29.7 Å². The van der Waals surface area contributed by atoms with Crippen molar-refractivity contribution in [1.29, 1.82) is 0 Å². The largest absolute Gasteiger partial charge is 0.496 e. The first-order valence-electron chi connectivity index (χ1n) is 6.91. The van der Waals surface area contributed by atoms with Crippen LogP contribution in [0.25, 0.3) is 0 Å². The standard InChI is InChI=1S/C17H18ClFO3/c1-4-11-8-14(19)13(18)9-17(11)22-10-12-15(20-2)6-5-7-16(12)21-3/h5-9H,4,10H2,1-3H3. The van der Waals surface area contributed by atoms with Gasteiger partial charge >= 0.3 is 0 Å². The van der Waals surface area contributed by atoms with E-state index in [0.717, 1.165) is 11.1 Å². The third kappa shape index (κ3) is 3.45. The Morgan fingerprint density at radius 3 is 2.23 bits per heavy atom. The highest BCUT2D eigenvalue weighted by Gasteiger charge is 2.13. The van der Waals surface area contributed by atoms with Crippen molar-refractivity contribution < 1.29 is 18.6 Å². The lowest BCUT2D eigenvalue weighted by atomic mass is 10.1. The predicted molar refractivity (Wildman–Crippen MR) is 84.7 cm³/mol. The zero-order chi connectivity index (χ0) is 16.1. The fraction of sp³-hybridized carbons (Fsp3) is 0.294. The molecule has 0 fully saturated rings. The molecule has 0 amide bonds. The Hall–Kier alpha value is -1.94. The van der Waals surface area contributed by atoms with Crippen LogP contribution in [0.2, 0.25) is 5.02 Å². The summed E-state index contributed by atoms with van der Waals surface area (Å²) < 4.78 is 30.0. The zero-order valence-corrected chi connectivity index (χ0v) is 13.5. The molecule has 0 bridgehead atoms. The molecule has 0 saturated heterocycles. The number of hydrogen-bond acceptors (Lipinski definition) is 3. The summed E-state index contributed by atoms with van der Waals surface area (Å²) in [7, 11) is 3.18. The van der Waals surface area contributed by atoms with Gasteiger partial charge in [-0.1, -0.05) is 24.6 Å². The van der Waals surface area contributed by atoms with Gasteiger partial charge in [0.15, 0.2) is 0 Å². The second-order valence-corrected chi connectivity index (χ2v) is 5.06. The van der Waals surface area contributed by atoms with E-state index in [-0.39, 0.29) is 11.6 Å². The van der Waals surface area contributed by atoms with Gasteiger partial charge in [-0.25, -0.2) is 4.39 Å². The van der Waals surface area contributed by atoms with Gasteiger partial charge in [0.2, 0.25) is 0 Å². The van der Waals surface area contributed by atoms with Crippen molar-refractivity contribution >= 4 is 11.6 Å². The summed E-state index contributed by atoms with van der Waals surface area (Å²) in [5.74, 6) is 1.46. The second-order valence-electron chi connectivity index (χ2n) is 4.66. The SMILES string of the molecule is CCc1cc(F)c(Cl)cc1OCc1c(OC)cccc1OC. The van der Waals surface area contributed by atoms with Crippen molar-refractivity contribution in [3.63, 3.8) is 0 Å². The van der Waals surface area contributed by atoms with Crippen molar-refractivity contribution in [2.45, 2.75) is 20.0 Å². The highest BCUT2D eigenvalue weighted by atomic mass is 35.5. The van der Waals surface area contributed by atoms with Crippen molar-refractivity contribution in [3.8, 4) is 17.2 Å². The Morgan fingerprint density at radius 1 is 1.05 bits per heavy atom. The quantitative estimate of drug-likeness (QED) is 0.775. The molecule has 5 heteroatoms. The first-order valence-corrected chi connectivity index (χ1v) is 7.29. The van der Waals surface area contributed by atoms with Gasteiger partial charge < -0.3 is 14.2 Å². The summed E-state index contributed by atoms with van der Waals surface area (Å²) in [5, 5.41) is 0.0409. The average Bonchev–Trinajstić information content (AvgIpc) is 2.54. The average molecular weight is 325 g/mol. The molecule has 0 unspecified atom stereocenters. The smallest absolute Gasteiger partial charge is 0.142 e. The third-order valence-electron chi connectivity index (χ3n) is 3.39. The number of halogens is 2. The van der Waals surface area contributed by atoms with Crippen LogP contribution in [0.15, 0.2) is 30.3 Å². The highest BCUT2D eigenvalue weighted by molar-refractivity contribution is 6.30. The van der Waals surface area contributed by atoms with Gasteiger partial charge in [-0.15, -0.1) is 0 Å². The molecule has 2 rings (SSSR count). The van der Waals surface area contributed by atoms with Crippen LogP contribution in [-0.4, -0.2) is 14.2 Å². The molecule has 0 N–H and O–H groups in total. The molecule has 2 aromatic carbocycles. The number of aryl methyl sites for hydroxylation is 1. The summed E-state index contributed by atoms with van der Waals surface area (Å²) in [5.41, 5.74) is 1.55. The maximum Gasteiger partial charge on any atom is 0.142 e. The normalized spacial score (nSPS) is 10.4. The molecule has 118 valence electrons. The van der Waals surface area contributed by atoms with Crippen LogP contribution in [0.1, 0.15) is 18.1 Å². The highest BCUT2D eigenvalue weighted by Crippen LogP contribution is 2.32. The number of ether oxygens (including phenoxy) is 3. The van der Waals surface area contributed by atoms with Crippen LogP contribution in [0, 0.1) is 5.82 Å². The summed E-state index contributed by atoms with van der Waals surface area (Å²) in [6, 6.07) is 8.40. The molecular weight excluding hydrogens is 307 g/mol. The monoisotopic (exact) mass is 324 g/mol. The zero-order valence-electron chi connectivity index (χ0n) is 12.8. The molecule has 0 radical (unpaired) electrons. The van der Waals surface area contributed by atoms with E-state index < -0.39 is 5.82 Å². The van der Waals surface area contributed by atoms with E-state index in [2.05, 4.69) is 0 Å². The fourth-order valence-electron chi connectivity index (χ4n) is 2.20. The molecule has 0 aliphatic carbocycles. The number of methoxy groups -OCH3 is 2. The van der Waals surface area contributed by atoms with Crippen molar-refractivity contribution in [3.05, 3.63) is 52.3 Å². The van der Waals surface area contributed by atoms with Crippen LogP contribution < -0.4 is 14.2 Å². The Balaban J connectivity index is 2.29. The minimum absolute atomic E-state index is 0.0409. The van der Waals surface area contributed by atoms with Gasteiger partial charge in [-0.05, 0) is 30.2 Å². The molecule has 0 saturated carbocycles. The Morgan fingerprint density at radius 2 is 1.68 bits per heavy atom. The van der Waals surface area contributed by atoms with Crippen LogP contribution in [0.5, 0.6) is 17.2 Å². The van der Waals surface area contributed by atoms with E-state index in [4.69, 9.17) is 25.8 Å². The molecule has 3 nitrogen and oxygen atoms in total. The molecule has 0 heterocycles. The third-order valence-corrected chi connectivity index (χ3v) is 3.68.